The summed E-state index contributed by atoms with van der Waals surface area (Å²) >= 11 is 1.51. The van der Waals surface area contributed by atoms with Crippen molar-refractivity contribution in [2.75, 3.05) is 7.11 Å². The van der Waals surface area contributed by atoms with E-state index in [0.717, 1.165) is 30.9 Å². The average Bonchev–Trinajstić information content (AvgIpc) is 3.10. The van der Waals surface area contributed by atoms with Gasteiger partial charge in [-0.2, -0.15) is 0 Å². The minimum absolute atomic E-state index is 0.0181. The molecule has 3 aromatic rings. The normalized spacial score (nSPS) is 17.1. The highest BCUT2D eigenvalue weighted by Gasteiger charge is 2.25. The highest BCUT2D eigenvalue weighted by Crippen LogP contribution is 2.36. The number of primary sulfonamides is 1. The van der Waals surface area contributed by atoms with E-state index < -0.39 is 22.1 Å². The third-order valence-electron chi connectivity index (χ3n) is 5.56. The van der Waals surface area contributed by atoms with Gasteiger partial charge in [-0.05, 0) is 55.9 Å². The molecule has 3 N–H and O–H groups in total. The van der Waals surface area contributed by atoms with Crippen molar-refractivity contribution in [2.45, 2.75) is 44.1 Å². The first-order valence-electron chi connectivity index (χ1n) is 10.0. The predicted molar refractivity (Wildman–Crippen MR) is 120 cm³/mol. The SMILES string of the molecule is COc1ccc(C(=O)O[C@H](C)c2nc3sc4c(c3c(=O)[nH]2)CC[C@H](C)C4)cc1S(N)(=O)=O. The van der Waals surface area contributed by atoms with E-state index in [9.17, 15) is 18.0 Å². The molecule has 1 aromatic carbocycles. The minimum atomic E-state index is -4.11. The molecule has 0 fully saturated rings. The Morgan fingerprint density at radius 1 is 1.38 bits per heavy atom. The maximum Gasteiger partial charge on any atom is 0.338 e. The first-order valence-corrected chi connectivity index (χ1v) is 12.4. The predicted octanol–water partition coefficient (Wildman–Crippen LogP) is 2.68. The van der Waals surface area contributed by atoms with E-state index in [4.69, 9.17) is 14.6 Å². The Labute approximate surface area is 188 Å². The van der Waals surface area contributed by atoms with Gasteiger partial charge in [0.1, 0.15) is 15.5 Å². The molecule has 0 amide bonds. The molecule has 1 aliphatic carbocycles. The number of methoxy groups -OCH3 is 1. The number of aromatic amines is 1. The van der Waals surface area contributed by atoms with Gasteiger partial charge in [0, 0.05) is 4.88 Å². The topological polar surface area (TPSA) is 141 Å². The summed E-state index contributed by atoms with van der Waals surface area (Å²) in [6, 6.07) is 3.79. The Bertz CT molecular complexity index is 1380. The molecule has 0 radical (unpaired) electrons. The van der Waals surface area contributed by atoms with Gasteiger partial charge in [-0.3, -0.25) is 4.79 Å². The van der Waals surface area contributed by atoms with Crippen LogP contribution in [0.3, 0.4) is 0 Å². The fourth-order valence-corrected chi connectivity index (χ4v) is 5.98. The van der Waals surface area contributed by atoms with Crippen molar-refractivity contribution in [2.24, 2.45) is 11.1 Å². The standard InChI is InChI=1S/C21H23N3O6S2/c1-10-4-6-13-15(8-10)31-20-17(13)19(25)23-18(24-20)11(2)30-21(26)12-5-7-14(29-3)16(9-12)32(22,27)28/h5,7,9-11H,4,6,8H2,1-3H3,(H2,22,27,28)(H,23,24,25)/t10-,11+/m0/s1. The van der Waals surface area contributed by atoms with Gasteiger partial charge < -0.3 is 14.5 Å². The molecule has 1 aliphatic rings. The zero-order valence-corrected chi connectivity index (χ0v) is 19.4. The third-order valence-corrected chi connectivity index (χ3v) is 7.64. The Hall–Kier alpha value is -2.76. The van der Waals surface area contributed by atoms with Crippen molar-refractivity contribution in [3.63, 3.8) is 0 Å². The van der Waals surface area contributed by atoms with Crippen molar-refractivity contribution in [3.8, 4) is 5.75 Å². The van der Waals surface area contributed by atoms with Crippen LogP contribution in [0.15, 0.2) is 27.9 Å². The molecule has 0 bridgehead atoms. The minimum Gasteiger partial charge on any atom is -0.495 e. The van der Waals surface area contributed by atoms with Crippen molar-refractivity contribution in [1.29, 1.82) is 0 Å². The van der Waals surface area contributed by atoms with Crippen LogP contribution in [0.2, 0.25) is 0 Å². The molecule has 4 rings (SSSR count). The Morgan fingerprint density at radius 2 is 2.12 bits per heavy atom. The molecule has 0 saturated carbocycles. The monoisotopic (exact) mass is 477 g/mol. The van der Waals surface area contributed by atoms with Crippen LogP contribution in [-0.2, 0) is 27.6 Å². The van der Waals surface area contributed by atoms with Gasteiger partial charge in [0.05, 0.1) is 18.1 Å². The lowest BCUT2D eigenvalue weighted by Gasteiger charge is -2.17. The number of nitrogens with one attached hydrogen (secondary N) is 1. The summed E-state index contributed by atoms with van der Waals surface area (Å²) in [7, 11) is -2.81. The number of rotatable bonds is 5. The van der Waals surface area contributed by atoms with E-state index in [0.29, 0.717) is 16.1 Å². The summed E-state index contributed by atoms with van der Waals surface area (Å²) in [6.45, 7) is 3.78. The van der Waals surface area contributed by atoms with Gasteiger partial charge in [0.25, 0.3) is 5.56 Å². The molecule has 170 valence electrons. The van der Waals surface area contributed by atoms with Crippen LogP contribution >= 0.6 is 11.3 Å². The largest absolute Gasteiger partial charge is 0.495 e. The van der Waals surface area contributed by atoms with Crippen LogP contribution in [-0.4, -0.2) is 31.5 Å². The number of thiophene rings is 1. The van der Waals surface area contributed by atoms with E-state index in [2.05, 4.69) is 16.9 Å². The first-order chi connectivity index (χ1) is 15.1. The average molecular weight is 478 g/mol. The van der Waals surface area contributed by atoms with Crippen molar-refractivity contribution >= 4 is 37.5 Å². The zero-order valence-electron chi connectivity index (χ0n) is 17.8. The van der Waals surface area contributed by atoms with Crippen LogP contribution in [0.25, 0.3) is 10.2 Å². The van der Waals surface area contributed by atoms with Crippen molar-refractivity contribution in [3.05, 3.63) is 50.4 Å². The molecule has 2 aromatic heterocycles. The molecular weight excluding hydrogens is 454 g/mol. The fraction of sp³-hybridized carbons (Fsp3) is 0.381. The van der Waals surface area contributed by atoms with Gasteiger partial charge in [-0.25, -0.2) is 23.3 Å². The van der Waals surface area contributed by atoms with Crippen molar-refractivity contribution < 1.29 is 22.7 Å². The lowest BCUT2D eigenvalue weighted by molar-refractivity contribution is 0.0319. The number of carbonyl (C=O) groups excluding carboxylic acids is 1. The zero-order chi connectivity index (χ0) is 23.2. The number of fused-ring (bicyclic) bond motifs is 3. The lowest BCUT2D eigenvalue weighted by Crippen LogP contribution is -2.19. The van der Waals surface area contributed by atoms with E-state index >= 15 is 0 Å². The number of aromatic nitrogens is 2. The number of carbonyl (C=O) groups is 1. The van der Waals surface area contributed by atoms with Crippen LogP contribution in [0.1, 0.15) is 53.0 Å². The number of aryl methyl sites for hydroxylation is 1. The highest BCUT2D eigenvalue weighted by atomic mass is 32.2. The van der Waals surface area contributed by atoms with Crippen LogP contribution in [0.4, 0.5) is 0 Å². The number of hydrogen-bond acceptors (Lipinski definition) is 8. The highest BCUT2D eigenvalue weighted by molar-refractivity contribution is 7.89. The first kappa shape index (κ1) is 22.4. The van der Waals surface area contributed by atoms with Crippen LogP contribution in [0, 0.1) is 5.92 Å². The second-order valence-electron chi connectivity index (χ2n) is 7.94. The summed E-state index contributed by atoms with van der Waals surface area (Å²) in [5.74, 6) is 0.0278. The number of ether oxygens (including phenoxy) is 2. The molecular formula is C21H23N3O6S2. The summed E-state index contributed by atoms with van der Waals surface area (Å²) in [6.07, 6.45) is 1.96. The number of benzene rings is 1. The Balaban J connectivity index is 1.62. The van der Waals surface area contributed by atoms with Gasteiger partial charge in [-0.15, -0.1) is 11.3 Å². The number of nitrogens with two attached hydrogens (primary N) is 1. The third kappa shape index (κ3) is 4.15. The fourth-order valence-electron chi connectivity index (χ4n) is 3.87. The molecule has 32 heavy (non-hydrogen) atoms. The van der Waals surface area contributed by atoms with Gasteiger partial charge in [0.15, 0.2) is 11.9 Å². The molecule has 0 saturated heterocycles. The summed E-state index contributed by atoms with van der Waals surface area (Å²) in [5.41, 5.74) is 0.799. The van der Waals surface area contributed by atoms with Gasteiger partial charge in [0.2, 0.25) is 10.0 Å². The smallest absolute Gasteiger partial charge is 0.338 e. The second kappa shape index (κ2) is 8.30. The number of nitrogens with zero attached hydrogens (tertiary/aromatic N) is 1. The molecule has 0 spiro atoms. The van der Waals surface area contributed by atoms with E-state index in [1.54, 1.807) is 6.92 Å². The summed E-state index contributed by atoms with van der Waals surface area (Å²) in [4.78, 5) is 34.2. The van der Waals surface area contributed by atoms with E-state index in [1.165, 1.54) is 35.5 Å². The molecule has 9 nitrogen and oxygen atoms in total. The van der Waals surface area contributed by atoms with E-state index in [1.807, 2.05) is 0 Å². The van der Waals surface area contributed by atoms with Crippen LogP contribution < -0.4 is 15.4 Å². The molecule has 2 heterocycles. The maximum atomic E-state index is 12.8. The van der Waals surface area contributed by atoms with Gasteiger partial charge >= 0.3 is 5.97 Å². The van der Waals surface area contributed by atoms with Crippen molar-refractivity contribution in [1.82, 2.24) is 9.97 Å². The Morgan fingerprint density at radius 3 is 2.81 bits per heavy atom. The lowest BCUT2D eigenvalue weighted by atomic mass is 9.89. The summed E-state index contributed by atoms with van der Waals surface area (Å²) < 4.78 is 34.0. The number of sulfonamides is 1. The molecule has 0 aliphatic heterocycles. The maximum absolute atomic E-state index is 12.8. The molecule has 2 atom stereocenters. The second-order valence-corrected chi connectivity index (χ2v) is 10.6. The molecule has 11 heteroatoms. The van der Waals surface area contributed by atoms with Gasteiger partial charge in [-0.1, -0.05) is 6.92 Å². The summed E-state index contributed by atoms with van der Waals surface area (Å²) in [5, 5.41) is 5.82. The number of H-pyrrole nitrogens is 1. The number of hydrogen-bond donors (Lipinski definition) is 2. The Kier molecular flexibility index (Phi) is 5.82. The molecule has 0 unspecified atom stereocenters. The van der Waals surface area contributed by atoms with E-state index in [-0.39, 0.29) is 27.6 Å². The quantitative estimate of drug-likeness (QED) is 0.538. The number of esters is 1. The van der Waals surface area contributed by atoms with Crippen LogP contribution in [0.5, 0.6) is 5.75 Å².